The van der Waals surface area contributed by atoms with Gasteiger partial charge in [0.05, 0.1) is 9.75 Å². The number of rotatable bonds is 15. The van der Waals surface area contributed by atoms with E-state index in [0.29, 0.717) is 47.6 Å². The molecule has 222 valence electrons. The van der Waals surface area contributed by atoms with Crippen molar-refractivity contribution in [3.63, 3.8) is 0 Å². The summed E-state index contributed by atoms with van der Waals surface area (Å²) in [6.07, 6.45) is 4.65. The first-order chi connectivity index (χ1) is 20.4. The minimum Gasteiger partial charge on any atom is -0.506 e. The van der Waals surface area contributed by atoms with E-state index in [4.69, 9.17) is 10.2 Å². The lowest BCUT2D eigenvalue weighted by atomic mass is 10.2. The minimum absolute atomic E-state index is 0.0120. The predicted octanol–water partition coefficient (Wildman–Crippen LogP) is 6.93. The lowest BCUT2D eigenvalue weighted by molar-refractivity contribution is 0.289. The molecule has 0 fully saturated rings. The van der Waals surface area contributed by atoms with E-state index < -0.39 is 0 Å². The monoisotopic (exact) mass is 610 g/mol. The molecule has 0 atom stereocenters. The first kappa shape index (κ1) is 31.0. The fourth-order valence-corrected chi connectivity index (χ4v) is 5.63. The van der Waals surface area contributed by atoms with Crippen LogP contribution in [0.5, 0.6) is 11.5 Å². The minimum atomic E-state index is 0.0120. The number of aromatic nitrogens is 2. The molecule has 4 aromatic rings. The summed E-state index contributed by atoms with van der Waals surface area (Å²) in [6.45, 7) is 7.15. The van der Waals surface area contributed by atoms with Gasteiger partial charge >= 0.3 is 0 Å². The summed E-state index contributed by atoms with van der Waals surface area (Å²) >= 11 is 2.65. The third-order valence-electron chi connectivity index (χ3n) is 6.30. The Hall–Kier alpha value is -3.98. The van der Waals surface area contributed by atoms with Crippen molar-refractivity contribution in [3.05, 3.63) is 48.8 Å². The van der Waals surface area contributed by atoms with Crippen LogP contribution in [-0.2, 0) is 0 Å². The van der Waals surface area contributed by atoms with Crippen molar-refractivity contribution in [3.8, 4) is 21.3 Å². The van der Waals surface area contributed by atoms with Crippen molar-refractivity contribution in [2.45, 2.75) is 26.7 Å². The number of azo groups is 2. The average Bonchev–Trinajstić information content (AvgIpc) is 3.67. The Kier molecular flexibility index (Phi) is 11.3. The molecule has 0 saturated carbocycles. The molecule has 0 aliphatic rings. The highest BCUT2D eigenvalue weighted by Gasteiger charge is 2.12. The zero-order valence-electron chi connectivity index (χ0n) is 23.5. The molecule has 4 rings (SSSR count). The van der Waals surface area contributed by atoms with Gasteiger partial charge in [-0.05, 0) is 51.0 Å². The molecular weight excluding hydrogens is 576 g/mol. The van der Waals surface area contributed by atoms with Gasteiger partial charge < -0.3 is 30.2 Å². The van der Waals surface area contributed by atoms with Crippen LogP contribution >= 0.6 is 22.7 Å². The maximum atomic E-state index is 10.5. The highest BCUT2D eigenvalue weighted by atomic mass is 32.1. The molecule has 4 N–H and O–H groups in total. The molecule has 14 heteroatoms. The molecule has 0 unspecified atom stereocenters. The second-order valence-electron chi connectivity index (χ2n) is 9.07. The fraction of sp³-hybridized carbons (Fsp3) is 0.357. The van der Waals surface area contributed by atoms with E-state index in [1.165, 1.54) is 22.7 Å². The van der Waals surface area contributed by atoms with Gasteiger partial charge in [-0.3, -0.25) is 0 Å². The standard InChI is InChI=1S/C28H34N8O4S2/c1-3-35(11-5-13-37)19-7-9-21(23(39)15-19)31-33-27-29-17-25(41-27)26-18-30-28(42-26)34-32-22-10-8-20(16-24(22)40)36(4-2)12-6-14-38/h7-10,15-18,37-40H,3-6,11-14H2,1-2H3. The fourth-order valence-electron chi connectivity index (χ4n) is 4.09. The number of phenolic OH excluding ortho intramolecular Hbond substituents is 2. The molecule has 0 radical (unpaired) electrons. The van der Waals surface area contributed by atoms with E-state index in [1.807, 2.05) is 26.0 Å². The summed E-state index contributed by atoms with van der Waals surface area (Å²) < 4.78 is 0. The zero-order valence-corrected chi connectivity index (χ0v) is 25.1. The van der Waals surface area contributed by atoms with Crippen molar-refractivity contribution >= 4 is 55.7 Å². The molecule has 0 amide bonds. The molecule has 12 nitrogen and oxygen atoms in total. The molecule has 2 aromatic carbocycles. The van der Waals surface area contributed by atoms with Gasteiger partial charge in [0.25, 0.3) is 0 Å². The van der Waals surface area contributed by atoms with Gasteiger partial charge in [-0.15, -0.1) is 20.5 Å². The summed E-state index contributed by atoms with van der Waals surface area (Å²) in [5.74, 6) is 0.0241. The Morgan fingerprint density at radius 1 is 0.667 bits per heavy atom. The highest BCUT2D eigenvalue weighted by Crippen LogP contribution is 2.39. The van der Waals surface area contributed by atoms with E-state index in [1.54, 1.807) is 36.7 Å². The molecule has 0 bridgehead atoms. The van der Waals surface area contributed by atoms with Crippen molar-refractivity contribution in [2.75, 3.05) is 49.2 Å². The van der Waals surface area contributed by atoms with Crippen molar-refractivity contribution in [2.24, 2.45) is 20.5 Å². The number of hydrogen-bond donors (Lipinski definition) is 4. The van der Waals surface area contributed by atoms with Crippen LogP contribution in [0.15, 0.2) is 69.2 Å². The SMILES string of the molecule is CCN(CCCO)c1ccc(N=Nc2ncc(-c3cnc(N=Nc4ccc(N(CC)CCCO)cc4O)s3)s2)c(O)c1. The van der Waals surface area contributed by atoms with Gasteiger partial charge in [0.1, 0.15) is 22.9 Å². The largest absolute Gasteiger partial charge is 0.506 e. The smallest absolute Gasteiger partial charge is 0.230 e. The highest BCUT2D eigenvalue weighted by molar-refractivity contribution is 7.25. The van der Waals surface area contributed by atoms with E-state index in [2.05, 4.69) is 40.2 Å². The van der Waals surface area contributed by atoms with Crippen molar-refractivity contribution < 1.29 is 20.4 Å². The number of aliphatic hydroxyl groups excluding tert-OH is 2. The van der Waals surface area contributed by atoms with Crippen LogP contribution in [0.25, 0.3) is 9.75 Å². The van der Waals surface area contributed by atoms with Crippen LogP contribution in [0, 0.1) is 0 Å². The molecule has 0 aliphatic heterocycles. The van der Waals surface area contributed by atoms with Gasteiger partial charge in [0.15, 0.2) is 0 Å². The van der Waals surface area contributed by atoms with E-state index in [0.717, 1.165) is 34.2 Å². The quantitative estimate of drug-likeness (QED) is 0.105. The molecular formula is C28H34N8O4S2. The topological polar surface area (TPSA) is 163 Å². The van der Waals surface area contributed by atoms with E-state index in [-0.39, 0.29) is 24.7 Å². The number of nitrogens with zero attached hydrogens (tertiary/aromatic N) is 8. The Labute approximate surface area is 252 Å². The summed E-state index contributed by atoms with van der Waals surface area (Å²) in [5, 5.41) is 56.7. The predicted molar refractivity (Wildman–Crippen MR) is 167 cm³/mol. The zero-order chi connectivity index (χ0) is 29.9. The maximum absolute atomic E-state index is 10.5. The van der Waals surface area contributed by atoms with Crippen molar-refractivity contribution in [1.82, 2.24) is 9.97 Å². The Balaban J connectivity index is 1.40. The van der Waals surface area contributed by atoms with Gasteiger partial charge in [-0.25, -0.2) is 9.97 Å². The number of aliphatic hydroxyl groups is 2. The number of aromatic hydroxyl groups is 2. The van der Waals surface area contributed by atoms with Gasteiger partial charge in [0, 0.05) is 75.3 Å². The number of thiazole rings is 2. The molecule has 42 heavy (non-hydrogen) atoms. The summed E-state index contributed by atoms with van der Waals surface area (Å²) in [6, 6.07) is 10.4. The number of hydrogen-bond acceptors (Lipinski definition) is 14. The Morgan fingerprint density at radius 2 is 1.10 bits per heavy atom. The first-order valence-corrected chi connectivity index (χ1v) is 15.2. The van der Waals surface area contributed by atoms with Crippen LogP contribution < -0.4 is 9.80 Å². The molecule has 2 aromatic heterocycles. The van der Waals surface area contributed by atoms with Gasteiger partial charge in [-0.2, -0.15) is 0 Å². The van der Waals surface area contributed by atoms with E-state index in [9.17, 15) is 10.2 Å². The summed E-state index contributed by atoms with van der Waals surface area (Å²) in [7, 11) is 0. The second-order valence-corrected chi connectivity index (χ2v) is 11.1. The maximum Gasteiger partial charge on any atom is 0.230 e. The number of anilines is 2. The Morgan fingerprint density at radius 3 is 1.45 bits per heavy atom. The van der Waals surface area contributed by atoms with Crippen LogP contribution in [0.2, 0.25) is 0 Å². The number of benzene rings is 2. The van der Waals surface area contributed by atoms with E-state index >= 15 is 0 Å². The van der Waals surface area contributed by atoms with Crippen LogP contribution in [0.3, 0.4) is 0 Å². The normalized spacial score (nSPS) is 11.6. The van der Waals surface area contributed by atoms with Crippen LogP contribution in [0.4, 0.5) is 33.0 Å². The van der Waals surface area contributed by atoms with Crippen LogP contribution in [0.1, 0.15) is 26.7 Å². The first-order valence-electron chi connectivity index (χ1n) is 13.6. The van der Waals surface area contributed by atoms with Gasteiger partial charge in [0.2, 0.25) is 10.3 Å². The molecule has 0 aliphatic carbocycles. The van der Waals surface area contributed by atoms with Crippen LogP contribution in [-0.4, -0.2) is 69.8 Å². The lowest BCUT2D eigenvalue weighted by Gasteiger charge is -2.23. The summed E-state index contributed by atoms with van der Waals surface area (Å²) in [4.78, 5) is 14.4. The third kappa shape index (κ3) is 8.06. The average molecular weight is 611 g/mol. The Bertz CT molecular complexity index is 1400. The molecule has 2 heterocycles. The van der Waals surface area contributed by atoms with Crippen molar-refractivity contribution in [1.29, 1.82) is 0 Å². The molecule has 0 spiro atoms. The van der Waals surface area contributed by atoms with Gasteiger partial charge in [-0.1, -0.05) is 22.7 Å². The lowest BCUT2D eigenvalue weighted by Crippen LogP contribution is -2.24. The second kappa shape index (κ2) is 15.3. The third-order valence-corrected chi connectivity index (χ3v) is 8.26. The summed E-state index contributed by atoms with van der Waals surface area (Å²) in [5.41, 5.74) is 2.36. The molecule has 0 saturated heterocycles. The number of phenols is 2.